The number of fused-ring (bicyclic) bond motifs is 1. The van der Waals surface area contributed by atoms with Crippen molar-refractivity contribution in [3.63, 3.8) is 0 Å². The van der Waals surface area contributed by atoms with Crippen molar-refractivity contribution in [1.82, 2.24) is 19.5 Å². The van der Waals surface area contributed by atoms with Crippen LogP contribution in [-0.2, 0) is 0 Å². The van der Waals surface area contributed by atoms with Gasteiger partial charge in [-0.3, -0.25) is 0 Å². The lowest BCUT2D eigenvalue weighted by atomic mass is 10.2. The highest BCUT2D eigenvalue weighted by atomic mass is 19.3. The van der Waals surface area contributed by atoms with Gasteiger partial charge in [0.05, 0.1) is 46.0 Å². The second-order valence-corrected chi connectivity index (χ2v) is 7.71. The largest absolute Gasteiger partial charge is 0.493 e. The lowest BCUT2D eigenvalue weighted by Crippen LogP contribution is -2.26. The van der Waals surface area contributed by atoms with E-state index < -0.39 is 12.5 Å². The first-order chi connectivity index (χ1) is 16.4. The van der Waals surface area contributed by atoms with Gasteiger partial charge in [-0.05, 0) is 0 Å². The van der Waals surface area contributed by atoms with Crippen molar-refractivity contribution >= 4 is 28.7 Å². The number of furan rings is 1. The van der Waals surface area contributed by atoms with Crippen molar-refractivity contribution in [3.05, 3.63) is 37.0 Å². The molecule has 12 heteroatoms. The van der Waals surface area contributed by atoms with Crippen LogP contribution in [0.25, 0.3) is 16.8 Å². The summed E-state index contributed by atoms with van der Waals surface area (Å²) >= 11 is 0. The Morgan fingerprint density at radius 3 is 2.50 bits per heavy atom. The number of aromatic nitrogens is 4. The van der Waals surface area contributed by atoms with E-state index in [0.717, 1.165) is 5.69 Å². The van der Waals surface area contributed by atoms with Gasteiger partial charge in [0.1, 0.15) is 17.7 Å². The Morgan fingerprint density at radius 1 is 1.09 bits per heavy atom. The zero-order valence-corrected chi connectivity index (χ0v) is 18.7. The van der Waals surface area contributed by atoms with Gasteiger partial charge in [0.25, 0.3) is 5.92 Å². The van der Waals surface area contributed by atoms with Crippen LogP contribution in [0.5, 0.6) is 17.2 Å². The Hall–Kier alpha value is -4.09. The van der Waals surface area contributed by atoms with Crippen LogP contribution in [0.3, 0.4) is 0 Å². The van der Waals surface area contributed by atoms with Gasteiger partial charge in [0.2, 0.25) is 11.7 Å². The number of anilines is 3. The SMILES string of the molecule is COc1cc(-n2cnc(Nc3nc(N4CCC(F)(F)C4)nc4ccoc34)c2)cc(OC)c1OC. The number of methoxy groups -OCH3 is 3. The third-order valence-electron chi connectivity index (χ3n) is 5.52. The van der Waals surface area contributed by atoms with Crippen LogP contribution < -0.4 is 24.4 Å². The molecule has 0 atom stereocenters. The molecule has 1 aromatic carbocycles. The summed E-state index contributed by atoms with van der Waals surface area (Å²) in [5, 5.41) is 3.11. The second kappa shape index (κ2) is 8.36. The van der Waals surface area contributed by atoms with E-state index in [1.807, 2.05) is 0 Å². The van der Waals surface area contributed by atoms with Gasteiger partial charge in [0.15, 0.2) is 22.9 Å². The molecule has 10 nitrogen and oxygen atoms in total. The van der Waals surface area contributed by atoms with Crippen LogP contribution in [0.4, 0.5) is 26.4 Å². The highest BCUT2D eigenvalue weighted by Gasteiger charge is 2.39. The minimum absolute atomic E-state index is 0.172. The molecule has 0 unspecified atom stereocenters. The third kappa shape index (κ3) is 3.91. The number of ether oxygens (including phenoxy) is 3. The molecule has 0 aliphatic carbocycles. The van der Waals surface area contributed by atoms with Crippen LogP contribution >= 0.6 is 0 Å². The maximum absolute atomic E-state index is 13.7. The van der Waals surface area contributed by atoms with Crippen molar-refractivity contribution in [2.24, 2.45) is 0 Å². The predicted molar refractivity (Wildman–Crippen MR) is 120 cm³/mol. The van der Waals surface area contributed by atoms with Gasteiger partial charge in [-0.1, -0.05) is 0 Å². The molecule has 0 bridgehead atoms. The molecule has 178 valence electrons. The zero-order valence-electron chi connectivity index (χ0n) is 18.7. The topological polar surface area (TPSA) is 99.7 Å². The van der Waals surface area contributed by atoms with Gasteiger partial charge < -0.3 is 33.4 Å². The minimum atomic E-state index is -2.76. The van der Waals surface area contributed by atoms with E-state index in [9.17, 15) is 8.78 Å². The molecular formula is C22H22F2N6O4. The van der Waals surface area contributed by atoms with Crippen molar-refractivity contribution < 1.29 is 27.4 Å². The molecule has 34 heavy (non-hydrogen) atoms. The van der Waals surface area contributed by atoms with E-state index in [0.29, 0.717) is 40.0 Å². The number of alkyl halides is 2. The summed E-state index contributed by atoms with van der Waals surface area (Å²) in [4.78, 5) is 14.7. The van der Waals surface area contributed by atoms with E-state index in [1.165, 1.54) is 18.3 Å². The molecule has 1 aliphatic heterocycles. The maximum Gasteiger partial charge on any atom is 0.267 e. The summed E-state index contributed by atoms with van der Waals surface area (Å²) in [7, 11) is 4.62. The van der Waals surface area contributed by atoms with Gasteiger partial charge in [0, 0.05) is 31.2 Å². The summed E-state index contributed by atoms with van der Waals surface area (Å²) in [6.45, 7) is -0.253. The zero-order chi connectivity index (χ0) is 23.9. The van der Waals surface area contributed by atoms with Crippen LogP contribution in [0.15, 0.2) is 41.4 Å². The minimum Gasteiger partial charge on any atom is -0.493 e. The van der Waals surface area contributed by atoms with Crippen molar-refractivity contribution in [2.45, 2.75) is 12.3 Å². The van der Waals surface area contributed by atoms with Crippen molar-refractivity contribution in [1.29, 1.82) is 0 Å². The van der Waals surface area contributed by atoms with E-state index >= 15 is 0 Å². The molecule has 5 rings (SSSR count). The standard InChI is InChI=1S/C22H22F2N6O4/c1-31-15-8-13(9-16(32-2)19(15)33-3)30-10-17(25-12-30)27-20-18-14(4-7-34-18)26-21(28-20)29-6-5-22(23,24)11-29/h4,7-10,12H,5-6,11H2,1-3H3,(H,26,27,28). The summed E-state index contributed by atoms with van der Waals surface area (Å²) in [5.41, 5.74) is 1.63. The molecule has 1 aliphatic rings. The Bertz CT molecular complexity index is 1310. The molecule has 0 spiro atoms. The average molecular weight is 472 g/mol. The Balaban J connectivity index is 1.46. The van der Waals surface area contributed by atoms with Crippen LogP contribution in [0, 0.1) is 0 Å². The van der Waals surface area contributed by atoms with E-state index in [-0.39, 0.29) is 18.9 Å². The van der Waals surface area contributed by atoms with Gasteiger partial charge in [-0.15, -0.1) is 0 Å². The number of benzene rings is 1. The molecule has 1 N–H and O–H groups in total. The highest BCUT2D eigenvalue weighted by Crippen LogP contribution is 2.39. The maximum atomic E-state index is 13.7. The number of hydrogen-bond donors (Lipinski definition) is 1. The number of nitrogens with one attached hydrogen (secondary N) is 1. The molecule has 0 radical (unpaired) electrons. The summed E-state index contributed by atoms with van der Waals surface area (Å²) in [6, 6.07) is 5.23. The molecule has 4 heterocycles. The fourth-order valence-electron chi connectivity index (χ4n) is 3.85. The number of imidazole rings is 1. The molecule has 4 aromatic rings. The molecule has 3 aromatic heterocycles. The van der Waals surface area contributed by atoms with Gasteiger partial charge in [-0.2, -0.15) is 4.98 Å². The highest BCUT2D eigenvalue weighted by molar-refractivity contribution is 5.86. The Morgan fingerprint density at radius 2 is 1.85 bits per heavy atom. The van der Waals surface area contributed by atoms with E-state index in [4.69, 9.17) is 18.6 Å². The fraction of sp³-hybridized carbons (Fsp3) is 0.318. The monoisotopic (exact) mass is 472 g/mol. The summed E-state index contributed by atoms with van der Waals surface area (Å²) < 4.78 is 50.9. The van der Waals surface area contributed by atoms with Crippen molar-refractivity contribution in [2.75, 3.05) is 44.6 Å². The van der Waals surface area contributed by atoms with Crippen LogP contribution in [-0.4, -0.2) is 59.9 Å². The summed E-state index contributed by atoms with van der Waals surface area (Å²) in [5.74, 6) is -0.286. The first kappa shape index (κ1) is 21.7. The molecule has 0 saturated carbocycles. The summed E-state index contributed by atoms with van der Waals surface area (Å²) in [6.07, 6.45) is 4.58. The first-order valence-corrected chi connectivity index (χ1v) is 10.4. The fourth-order valence-corrected chi connectivity index (χ4v) is 3.85. The van der Waals surface area contributed by atoms with E-state index in [1.54, 1.807) is 49.5 Å². The van der Waals surface area contributed by atoms with Crippen LogP contribution in [0.2, 0.25) is 0 Å². The molecule has 1 saturated heterocycles. The average Bonchev–Trinajstić information content (AvgIpc) is 3.57. The number of rotatable bonds is 7. The first-order valence-electron chi connectivity index (χ1n) is 10.4. The van der Waals surface area contributed by atoms with Crippen LogP contribution in [0.1, 0.15) is 6.42 Å². The predicted octanol–water partition coefficient (Wildman–Crippen LogP) is 4.02. The quantitative estimate of drug-likeness (QED) is 0.427. The third-order valence-corrected chi connectivity index (χ3v) is 5.52. The Labute approximate surface area is 193 Å². The second-order valence-electron chi connectivity index (χ2n) is 7.71. The molecular weight excluding hydrogens is 450 g/mol. The lowest BCUT2D eigenvalue weighted by molar-refractivity contribution is 0.0256. The number of hydrogen-bond acceptors (Lipinski definition) is 9. The normalized spacial score (nSPS) is 15.0. The number of halogens is 2. The molecule has 0 amide bonds. The van der Waals surface area contributed by atoms with Gasteiger partial charge >= 0.3 is 0 Å². The lowest BCUT2D eigenvalue weighted by Gasteiger charge is -2.16. The number of nitrogens with zero attached hydrogens (tertiary/aromatic N) is 5. The van der Waals surface area contributed by atoms with Gasteiger partial charge in [-0.25, -0.2) is 18.7 Å². The van der Waals surface area contributed by atoms with Crippen molar-refractivity contribution in [3.8, 4) is 22.9 Å². The molecule has 1 fully saturated rings. The Kier molecular flexibility index (Phi) is 5.34. The smallest absolute Gasteiger partial charge is 0.267 e. The van der Waals surface area contributed by atoms with E-state index in [2.05, 4.69) is 20.3 Å².